The average Bonchev–Trinajstić information content (AvgIpc) is 3.03. The van der Waals surface area contributed by atoms with Crippen LogP contribution >= 0.6 is 0 Å². The number of nitrogens with zero attached hydrogens (tertiary/aromatic N) is 1. The number of ketones is 1. The van der Waals surface area contributed by atoms with E-state index in [9.17, 15) is 9.59 Å². The van der Waals surface area contributed by atoms with E-state index in [-0.39, 0.29) is 5.78 Å². The molecule has 0 aromatic heterocycles. The number of ether oxygens (including phenoxy) is 1. The molecule has 2 aromatic rings. The van der Waals surface area contributed by atoms with E-state index in [1.54, 1.807) is 12.1 Å². The molecule has 3 rings (SSSR count). The van der Waals surface area contributed by atoms with E-state index in [2.05, 4.69) is 18.7 Å². The summed E-state index contributed by atoms with van der Waals surface area (Å²) in [7, 11) is 0. The predicted octanol–water partition coefficient (Wildman–Crippen LogP) is 5.08. The SMILES string of the molecule is CCN(CC)c1ccc(C(=O)OC2=C(c3ccc(C)cc3C)C(=O)CC2)cc1. The molecule has 0 saturated heterocycles. The minimum atomic E-state index is -0.418. The average molecular weight is 377 g/mol. The minimum absolute atomic E-state index is 0.0339. The lowest BCUT2D eigenvalue weighted by molar-refractivity contribution is -0.113. The summed E-state index contributed by atoms with van der Waals surface area (Å²) in [6.45, 7) is 10.0. The molecule has 0 bridgehead atoms. The van der Waals surface area contributed by atoms with E-state index in [1.165, 1.54) is 0 Å². The van der Waals surface area contributed by atoms with Crippen LogP contribution in [0.15, 0.2) is 48.2 Å². The second kappa shape index (κ2) is 8.42. The highest BCUT2D eigenvalue weighted by Gasteiger charge is 2.28. The molecule has 0 atom stereocenters. The first-order valence-electron chi connectivity index (χ1n) is 9.85. The molecule has 0 fully saturated rings. The summed E-state index contributed by atoms with van der Waals surface area (Å²) < 4.78 is 5.68. The van der Waals surface area contributed by atoms with E-state index in [4.69, 9.17) is 4.74 Å². The maximum absolute atomic E-state index is 12.7. The van der Waals surface area contributed by atoms with Gasteiger partial charge in [-0.3, -0.25) is 4.79 Å². The van der Waals surface area contributed by atoms with Crippen LogP contribution in [0.3, 0.4) is 0 Å². The van der Waals surface area contributed by atoms with Gasteiger partial charge in [0.05, 0.1) is 11.1 Å². The predicted molar refractivity (Wildman–Crippen MR) is 112 cm³/mol. The van der Waals surface area contributed by atoms with Crippen LogP contribution in [0, 0.1) is 13.8 Å². The molecule has 4 nitrogen and oxygen atoms in total. The summed E-state index contributed by atoms with van der Waals surface area (Å²) in [6.07, 6.45) is 0.844. The van der Waals surface area contributed by atoms with E-state index in [1.807, 2.05) is 44.2 Å². The van der Waals surface area contributed by atoms with Crippen LogP contribution in [-0.2, 0) is 9.53 Å². The van der Waals surface area contributed by atoms with Crippen LogP contribution in [0.4, 0.5) is 5.69 Å². The molecular formula is C24H27NO3. The molecule has 0 saturated carbocycles. The Kier molecular flexibility index (Phi) is 5.98. The Morgan fingerprint density at radius 1 is 1.00 bits per heavy atom. The van der Waals surface area contributed by atoms with E-state index in [0.29, 0.717) is 29.7 Å². The fourth-order valence-electron chi connectivity index (χ4n) is 3.70. The Labute approximate surface area is 166 Å². The second-order valence-electron chi connectivity index (χ2n) is 7.15. The molecular weight excluding hydrogens is 350 g/mol. The van der Waals surface area contributed by atoms with Crippen molar-refractivity contribution in [2.24, 2.45) is 0 Å². The van der Waals surface area contributed by atoms with Gasteiger partial charge in [-0.15, -0.1) is 0 Å². The second-order valence-corrected chi connectivity index (χ2v) is 7.15. The van der Waals surface area contributed by atoms with Crippen LogP contribution < -0.4 is 4.90 Å². The molecule has 0 amide bonds. The fourth-order valence-corrected chi connectivity index (χ4v) is 3.70. The van der Waals surface area contributed by atoms with Gasteiger partial charge in [0, 0.05) is 31.6 Å². The van der Waals surface area contributed by atoms with Crippen LogP contribution in [0.1, 0.15) is 53.7 Å². The molecule has 1 aliphatic carbocycles. The number of hydrogen-bond donors (Lipinski definition) is 0. The molecule has 1 aliphatic rings. The van der Waals surface area contributed by atoms with Crippen molar-refractivity contribution < 1.29 is 14.3 Å². The molecule has 28 heavy (non-hydrogen) atoms. The van der Waals surface area contributed by atoms with Crippen LogP contribution in [0.2, 0.25) is 0 Å². The maximum atomic E-state index is 12.7. The standard InChI is InChI=1S/C24H27NO3/c1-5-25(6-2)19-10-8-18(9-11-19)24(27)28-22-14-13-21(26)23(22)20-12-7-16(3)15-17(20)4/h7-12,15H,5-6,13-14H2,1-4H3. The Morgan fingerprint density at radius 3 is 2.29 bits per heavy atom. The fraction of sp³-hybridized carbons (Fsp3) is 0.333. The van der Waals surface area contributed by atoms with Crippen molar-refractivity contribution in [1.29, 1.82) is 0 Å². The summed E-state index contributed by atoms with van der Waals surface area (Å²) in [6, 6.07) is 13.4. The Balaban J connectivity index is 1.85. The maximum Gasteiger partial charge on any atom is 0.343 e. The van der Waals surface area contributed by atoms with Gasteiger partial charge < -0.3 is 9.64 Å². The van der Waals surface area contributed by atoms with Crippen molar-refractivity contribution in [3.05, 3.63) is 70.5 Å². The summed E-state index contributed by atoms with van der Waals surface area (Å²) in [5.74, 6) is 0.0967. The molecule has 0 N–H and O–H groups in total. The van der Waals surface area contributed by atoms with E-state index >= 15 is 0 Å². The minimum Gasteiger partial charge on any atom is -0.427 e. The normalized spacial score (nSPS) is 13.8. The number of esters is 1. The number of allylic oxidation sites excluding steroid dienone is 2. The van der Waals surface area contributed by atoms with Crippen molar-refractivity contribution in [3.8, 4) is 0 Å². The highest BCUT2D eigenvalue weighted by Crippen LogP contribution is 2.34. The first-order chi connectivity index (χ1) is 13.4. The van der Waals surface area contributed by atoms with Gasteiger partial charge in [-0.1, -0.05) is 23.8 Å². The molecule has 0 aliphatic heterocycles. The highest BCUT2D eigenvalue weighted by molar-refractivity contribution is 6.24. The molecule has 2 aromatic carbocycles. The van der Waals surface area contributed by atoms with E-state index < -0.39 is 5.97 Å². The van der Waals surface area contributed by atoms with Crippen molar-refractivity contribution >= 4 is 23.0 Å². The number of carbonyl (C=O) groups excluding carboxylic acids is 2. The van der Waals surface area contributed by atoms with E-state index in [0.717, 1.165) is 35.5 Å². The largest absolute Gasteiger partial charge is 0.427 e. The van der Waals surface area contributed by atoms with Crippen molar-refractivity contribution in [2.45, 2.75) is 40.5 Å². The van der Waals surface area contributed by atoms with Gasteiger partial charge in [0.1, 0.15) is 5.76 Å². The smallest absolute Gasteiger partial charge is 0.343 e. The lowest BCUT2D eigenvalue weighted by Crippen LogP contribution is -2.21. The quantitative estimate of drug-likeness (QED) is 0.659. The third-order valence-corrected chi connectivity index (χ3v) is 5.24. The zero-order valence-electron chi connectivity index (χ0n) is 17.0. The first kappa shape index (κ1) is 19.9. The van der Waals surface area contributed by atoms with Gasteiger partial charge >= 0.3 is 5.97 Å². The summed E-state index contributed by atoms with van der Waals surface area (Å²) in [4.78, 5) is 27.3. The number of rotatable bonds is 6. The lowest BCUT2D eigenvalue weighted by Gasteiger charge is -2.21. The monoisotopic (exact) mass is 377 g/mol. The van der Waals surface area contributed by atoms with Gasteiger partial charge in [-0.05, 0) is 63.1 Å². The van der Waals surface area contributed by atoms with Gasteiger partial charge in [0.2, 0.25) is 0 Å². The van der Waals surface area contributed by atoms with Crippen molar-refractivity contribution in [1.82, 2.24) is 0 Å². The molecule has 146 valence electrons. The third-order valence-electron chi connectivity index (χ3n) is 5.24. The lowest BCUT2D eigenvalue weighted by atomic mass is 9.97. The molecule has 4 heteroatoms. The van der Waals surface area contributed by atoms with Crippen LogP contribution in [0.5, 0.6) is 0 Å². The Morgan fingerprint density at radius 2 is 1.68 bits per heavy atom. The number of benzene rings is 2. The Bertz CT molecular complexity index is 921. The molecule has 0 spiro atoms. The number of hydrogen-bond acceptors (Lipinski definition) is 4. The first-order valence-corrected chi connectivity index (χ1v) is 9.85. The number of aryl methyl sites for hydroxylation is 2. The molecule has 0 unspecified atom stereocenters. The molecule has 0 radical (unpaired) electrons. The molecule has 0 heterocycles. The van der Waals surface area contributed by atoms with Gasteiger partial charge in [-0.25, -0.2) is 4.79 Å². The van der Waals surface area contributed by atoms with Crippen molar-refractivity contribution in [2.75, 3.05) is 18.0 Å². The summed E-state index contributed by atoms with van der Waals surface area (Å²) in [5.41, 5.74) is 5.12. The van der Waals surface area contributed by atoms with Crippen LogP contribution in [0.25, 0.3) is 5.57 Å². The summed E-state index contributed by atoms with van der Waals surface area (Å²) in [5, 5.41) is 0. The number of carbonyl (C=O) groups is 2. The Hall–Kier alpha value is -2.88. The zero-order valence-corrected chi connectivity index (χ0v) is 17.0. The zero-order chi connectivity index (χ0) is 20.3. The third kappa shape index (κ3) is 4.01. The highest BCUT2D eigenvalue weighted by atomic mass is 16.5. The van der Waals surface area contributed by atoms with Gasteiger partial charge in [0.25, 0.3) is 0 Å². The topological polar surface area (TPSA) is 46.6 Å². The number of Topliss-reactive ketones (excluding diaryl/α,β-unsaturated/α-hetero) is 1. The van der Waals surface area contributed by atoms with Crippen LogP contribution in [-0.4, -0.2) is 24.8 Å². The number of anilines is 1. The summed E-state index contributed by atoms with van der Waals surface area (Å²) >= 11 is 0. The van der Waals surface area contributed by atoms with Gasteiger partial charge in [-0.2, -0.15) is 0 Å². The van der Waals surface area contributed by atoms with Crippen molar-refractivity contribution in [3.63, 3.8) is 0 Å². The van der Waals surface area contributed by atoms with Gasteiger partial charge in [0.15, 0.2) is 5.78 Å².